The average molecular weight is 347 g/mol. The first-order valence-electron chi connectivity index (χ1n) is 8.53. The Labute approximate surface area is 151 Å². The van der Waals surface area contributed by atoms with E-state index in [0.717, 1.165) is 16.8 Å². The summed E-state index contributed by atoms with van der Waals surface area (Å²) in [4.78, 5) is 20.1. The van der Waals surface area contributed by atoms with Crippen molar-refractivity contribution in [2.75, 3.05) is 18.0 Å². The van der Waals surface area contributed by atoms with Gasteiger partial charge in [-0.25, -0.2) is 9.18 Å². The van der Waals surface area contributed by atoms with E-state index in [2.05, 4.69) is 4.98 Å². The Bertz CT molecular complexity index is 912. The van der Waals surface area contributed by atoms with Gasteiger partial charge in [-0.05, 0) is 29.3 Å². The number of carbonyl (C=O) groups is 1. The number of carbonyl (C=O) groups excluding carboxylic acids is 1. The molecule has 0 aliphatic carbocycles. The van der Waals surface area contributed by atoms with Crippen molar-refractivity contribution in [3.63, 3.8) is 0 Å². The Kier molecular flexibility index (Phi) is 4.35. The Morgan fingerprint density at radius 1 is 0.962 bits per heavy atom. The number of hydrogen-bond donors (Lipinski definition) is 0. The minimum absolute atomic E-state index is 0.00306. The third kappa shape index (κ3) is 3.16. The summed E-state index contributed by atoms with van der Waals surface area (Å²) >= 11 is 0. The van der Waals surface area contributed by atoms with Gasteiger partial charge in [-0.15, -0.1) is 0 Å². The van der Waals surface area contributed by atoms with E-state index >= 15 is 0 Å². The van der Waals surface area contributed by atoms with E-state index in [1.165, 1.54) is 6.20 Å². The monoisotopic (exact) mass is 347 g/mol. The molecule has 1 aliphatic heterocycles. The number of pyridine rings is 1. The van der Waals surface area contributed by atoms with Crippen LogP contribution in [-0.4, -0.2) is 29.0 Å². The number of hydrogen-bond acceptors (Lipinski definition) is 2. The summed E-state index contributed by atoms with van der Waals surface area (Å²) in [5.74, 6) is -0.355. The van der Waals surface area contributed by atoms with Crippen molar-refractivity contribution in [2.45, 2.75) is 6.54 Å². The number of amides is 2. The first-order chi connectivity index (χ1) is 12.7. The quantitative estimate of drug-likeness (QED) is 0.704. The van der Waals surface area contributed by atoms with Crippen molar-refractivity contribution in [2.24, 2.45) is 0 Å². The molecule has 2 amide bonds. The van der Waals surface area contributed by atoms with Crippen molar-refractivity contribution < 1.29 is 9.18 Å². The third-order valence-electron chi connectivity index (χ3n) is 4.57. The highest BCUT2D eigenvalue weighted by atomic mass is 19.1. The first kappa shape index (κ1) is 16.3. The molecule has 1 aromatic heterocycles. The summed E-state index contributed by atoms with van der Waals surface area (Å²) in [6.07, 6.45) is 2.77. The van der Waals surface area contributed by atoms with Crippen LogP contribution in [0, 0.1) is 5.82 Å². The standard InChI is InChI=1S/C21H18FN3O/c22-20-14-23-11-10-19(20)17-6-8-18(9-7-17)25-13-12-24(21(25)26)15-16-4-2-1-3-5-16/h1-11,14H,12-13,15H2. The van der Waals surface area contributed by atoms with Crippen LogP contribution in [0.15, 0.2) is 73.1 Å². The van der Waals surface area contributed by atoms with Gasteiger partial charge in [-0.3, -0.25) is 9.88 Å². The van der Waals surface area contributed by atoms with E-state index in [4.69, 9.17) is 0 Å². The van der Waals surface area contributed by atoms with Crippen molar-refractivity contribution in [1.29, 1.82) is 0 Å². The van der Waals surface area contributed by atoms with Crippen LogP contribution < -0.4 is 4.90 Å². The van der Waals surface area contributed by atoms with E-state index in [0.29, 0.717) is 25.2 Å². The van der Waals surface area contributed by atoms with Crippen molar-refractivity contribution in [1.82, 2.24) is 9.88 Å². The normalized spacial score (nSPS) is 14.1. The van der Waals surface area contributed by atoms with Crippen LogP contribution in [0.2, 0.25) is 0 Å². The summed E-state index contributed by atoms with van der Waals surface area (Å²) < 4.78 is 13.9. The molecule has 0 spiro atoms. The summed E-state index contributed by atoms with van der Waals surface area (Å²) in [6, 6.07) is 19.0. The molecule has 0 saturated carbocycles. The molecular formula is C21H18FN3O. The zero-order chi connectivity index (χ0) is 17.9. The Morgan fingerprint density at radius 3 is 2.46 bits per heavy atom. The average Bonchev–Trinajstić information content (AvgIpc) is 3.04. The Balaban J connectivity index is 1.50. The SMILES string of the molecule is O=C1N(Cc2ccccc2)CCN1c1ccc(-c2ccncc2F)cc1. The van der Waals surface area contributed by atoms with Crippen LogP contribution in [0.5, 0.6) is 0 Å². The lowest BCUT2D eigenvalue weighted by Crippen LogP contribution is -2.31. The lowest BCUT2D eigenvalue weighted by atomic mass is 10.1. The predicted octanol–water partition coefficient (Wildman–Crippen LogP) is 4.33. The number of benzene rings is 2. The van der Waals surface area contributed by atoms with Gasteiger partial charge >= 0.3 is 6.03 Å². The smallest absolute Gasteiger partial charge is 0.318 e. The molecule has 5 heteroatoms. The molecular weight excluding hydrogens is 329 g/mol. The predicted molar refractivity (Wildman–Crippen MR) is 99.2 cm³/mol. The number of anilines is 1. The van der Waals surface area contributed by atoms with Gasteiger partial charge in [0.05, 0.1) is 6.20 Å². The van der Waals surface area contributed by atoms with Crippen LogP contribution in [0.25, 0.3) is 11.1 Å². The zero-order valence-corrected chi connectivity index (χ0v) is 14.2. The van der Waals surface area contributed by atoms with Gasteiger partial charge in [0.2, 0.25) is 0 Å². The van der Waals surface area contributed by atoms with E-state index in [1.807, 2.05) is 59.5 Å². The Hall–Kier alpha value is -3.21. The highest BCUT2D eigenvalue weighted by Gasteiger charge is 2.29. The summed E-state index contributed by atoms with van der Waals surface area (Å²) in [6.45, 7) is 1.94. The fraction of sp³-hybridized carbons (Fsp3) is 0.143. The first-order valence-corrected chi connectivity index (χ1v) is 8.53. The number of aromatic nitrogens is 1. The van der Waals surface area contributed by atoms with Crippen LogP contribution in [0.3, 0.4) is 0 Å². The van der Waals surface area contributed by atoms with E-state index in [9.17, 15) is 9.18 Å². The van der Waals surface area contributed by atoms with Gasteiger partial charge in [0.15, 0.2) is 0 Å². The van der Waals surface area contributed by atoms with Gasteiger partial charge in [0, 0.05) is 37.1 Å². The highest BCUT2D eigenvalue weighted by molar-refractivity contribution is 5.94. The lowest BCUT2D eigenvalue weighted by Gasteiger charge is -2.19. The molecule has 0 unspecified atom stereocenters. The molecule has 26 heavy (non-hydrogen) atoms. The Morgan fingerprint density at radius 2 is 1.73 bits per heavy atom. The number of halogens is 1. The number of rotatable bonds is 4. The van der Waals surface area contributed by atoms with Crippen molar-refractivity contribution >= 4 is 11.7 Å². The molecule has 130 valence electrons. The third-order valence-corrected chi connectivity index (χ3v) is 4.57. The topological polar surface area (TPSA) is 36.4 Å². The second kappa shape index (κ2) is 6.96. The van der Waals surface area contributed by atoms with E-state index in [-0.39, 0.29) is 11.8 Å². The maximum Gasteiger partial charge on any atom is 0.324 e. The molecule has 0 bridgehead atoms. The second-order valence-corrected chi connectivity index (χ2v) is 6.24. The van der Waals surface area contributed by atoms with Crippen LogP contribution >= 0.6 is 0 Å². The molecule has 1 fully saturated rings. The molecule has 3 aromatic rings. The molecule has 1 aliphatic rings. The molecule has 2 heterocycles. The minimum Gasteiger partial charge on any atom is -0.318 e. The largest absolute Gasteiger partial charge is 0.324 e. The van der Waals surface area contributed by atoms with Crippen molar-refractivity contribution in [3.05, 3.63) is 84.4 Å². The molecule has 0 atom stereocenters. The summed E-state index contributed by atoms with van der Waals surface area (Å²) in [5, 5.41) is 0. The maximum atomic E-state index is 13.9. The zero-order valence-electron chi connectivity index (χ0n) is 14.2. The number of urea groups is 1. The molecule has 2 aromatic carbocycles. The van der Waals surface area contributed by atoms with E-state index in [1.54, 1.807) is 17.2 Å². The minimum atomic E-state index is -0.355. The fourth-order valence-electron chi connectivity index (χ4n) is 3.20. The fourth-order valence-corrected chi connectivity index (χ4v) is 3.20. The van der Waals surface area contributed by atoms with Gasteiger partial charge in [-0.2, -0.15) is 0 Å². The van der Waals surface area contributed by atoms with Gasteiger partial charge in [0.1, 0.15) is 5.82 Å². The van der Waals surface area contributed by atoms with Crippen LogP contribution in [-0.2, 0) is 6.54 Å². The second-order valence-electron chi connectivity index (χ2n) is 6.24. The van der Waals surface area contributed by atoms with Crippen molar-refractivity contribution in [3.8, 4) is 11.1 Å². The highest BCUT2D eigenvalue weighted by Crippen LogP contribution is 2.27. The maximum absolute atomic E-state index is 13.9. The van der Waals surface area contributed by atoms with Crippen LogP contribution in [0.4, 0.5) is 14.9 Å². The van der Waals surface area contributed by atoms with Gasteiger partial charge in [-0.1, -0.05) is 42.5 Å². The molecule has 0 N–H and O–H groups in total. The van der Waals surface area contributed by atoms with E-state index < -0.39 is 0 Å². The van der Waals surface area contributed by atoms with Gasteiger partial charge in [0.25, 0.3) is 0 Å². The molecule has 0 radical (unpaired) electrons. The summed E-state index contributed by atoms with van der Waals surface area (Å²) in [5.41, 5.74) is 3.21. The molecule has 1 saturated heterocycles. The number of nitrogens with zero attached hydrogens (tertiary/aromatic N) is 3. The molecule has 4 nitrogen and oxygen atoms in total. The molecule has 4 rings (SSSR count). The van der Waals surface area contributed by atoms with Gasteiger partial charge < -0.3 is 4.90 Å². The summed E-state index contributed by atoms with van der Waals surface area (Å²) in [7, 11) is 0. The van der Waals surface area contributed by atoms with Crippen LogP contribution in [0.1, 0.15) is 5.56 Å². The lowest BCUT2D eigenvalue weighted by molar-refractivity contribution is 0.219.